The van der Waals surface area contributed by atoms with Gasteiger partial charge in [0, 0.05) is 20.5 Å². The highest BCUT2D eigenvalue weighted by atomic mass is 32.2. The fourth-order valence-corrected chi connectivity index (χ4v) is 4.52. The largest absolute Gasteiger partial charge is 0.224 e. The standard InChI is InChI=1S/C13H10O2S3/c1-18(14,15)10-4-2-9(3-5-10)12-8-13-11(17-12)6-7-16-13/h2-8H,1H3. The molecule has 1 aromatic carbocycles. The molecule has 0 N–H and O–H groups in total. The van der Waals surface area contributed by atoms with E-state index in [2.05, 4.69) is 17.5 Å². The van der Waals surface area contributed by atoms with Crippen molar-refractivity contribution < 1.29 is 8.42 Å². The summed E-state index contributed by atoms with van der Waals surface area (Å²) in [6, 6.07) is 11.3. The van der Waals surface area contributed by atoms with Crippen molar-refractivity contribution in [2.24, 2.45) is 0 Å². The van der Waals surface area contributed by atoms with E-state index in [1.54, 1.807) is 34.8 Å². The Balaban J connectivity index is 2.05. The van der Waals surface area contributed by atoms with E-state index in [1.807, 2.05) is 12.1 Å². The van der Waals surface area contributed by atoms with E-state index in [9.17, 15) is 8.42 Å². The molecule has 0 aliphatic heterocycles. The summed E-state index contributed by atoms with van der Waals surface area (Å²) < 4.78 is 25.3. The first-order valence-electron chi connectivity index (χ1n) is 5.31. The van der Waals surface area contributed by atoms with E-state index >= 15 is 0 Å². The predicted molar refractivity (Wildman–Crippen MR) is 78.2 cm³/mol. The summed E-state index contributed by atoms with van der Waals surface area (Å²) in [5, 5.41) is 2.08. The highest BCUT2D eigenvalue weighted by Crippen LogP contribution is 2.36. The quantitative estimate of drug-likeness (QED) is 0.715. The van der Waals surface area contributed by atoms with Crippen LogP contribution in [0.15, 0.2) is 46.7 Å². The second-order valence-electron chi connectivity index (χ2n) is 4.06. The molecule has 0 spiro atoms. The molecule has 0 aliphatic rings. The average molecular weight is 294 g/mol. The Morgan fingerprint density at radius 2 is 1.72 bits per heavy atom. The highest BCUT2D eigenvalue weighted by molar-refractivity contribution is 7.90. The maximum absolute atomic E-state index is 11.4. The molecular weight excluding hydrogens is 284 g/mol. The fraction of sp³-hybridized carbons (Fsp3) is 0.0769. The molecule has 0 saturated heterocycles. The van der Waals surface area contributed by atoms with Crippen LogP contribution in [0.3, 0.4) is 0 Å². The molecule has 2 aromatic heterocycles. The van der Waals surface area contributed by atoms with E-state index < -0.39 is 9.84 Å². The van der Waals surface area contributed by atoms with Crippen LogP contribution in [0.4, 0.5) is 0 Å². The first-order valence-corrected chi connectivity index (χ1v) is 8.90. The van der Waals surface area contributed by atoms with Crippen molar-refractivity contribution in [1.29, 1.82) is 0 Å². The summed E-state index contributed by atoms with van der Waals surface area (Å²) in [5.41, 5.74) is 1.07. The molecule has 2 nitrogen and oxygen atoms in total. The maximum atomic E-state index is 11.4. The van der Waals surface area contributed by atoms with Gasteiger partial charge in [-0.2, -0.15) is 0 Å². The first kappa shape index (κ1) is 11.9. The Morgan fingerprint density at radius 3 is 2.33 bits per heavy atom. The molecule has 0 aliphatic carbocycles. The van der Waals surface area contributed by atoms with Crippen LogP contribution in [-0.4, -0.2) is 14.7 Å². The van der Waals surface area contributed by atoms with E-state index in [4.69, 9.17) is 0 Å². The van der Waals surface area contributed by atoms with Crippen LogP contribution < -0.4 is 0 Å². The number of sulfone groups is 1. The zero-order valence-corrected chi connectivity index (χ0v) is 12.0. The third-order valence-corrected chi connectivity index (χ3v) is 5.98. The molecule has 3 rings (SSSR count). The Kier molecular flexibility index (Phi) is 2.77. The molecule has 0 unspecified atom stereocenters. The summed E-state index contributed by atoms with van der Waals surface area (Å²) in [6.45, 7) is 0. The summed E-state index contributed by atoms with van der Waals surface area (Å²) in [4.78, 5) is 1.54. The molecule has 0 amide bonds. The number of hydrogen-bond acceptors (Lipinski definition) is 4. The number of thiophene rings is 2. The van der Waals surface area contributed by atoms with Crippen molar-refractivity contribution in [3.8, 4) is 10.4 Å². The summed E-state index contributed by atoms with van der Waals surface area (Å²) in [7, 11) is -3.11. The van der Waals surface area contributed by atoms with Gasteiger partial charge in [0.05, 0.1) is 4.90 Å². The lowest BCUT2D eigenvalue weighted by atomic mass is 10.2. The lowest BCUT2D eigenvalue weighted by molar-refractivity contribution is 0.602. The van der Waals surface area contributed by atoms with Gasteiger partial charge in [-0.15, -0.1) is 22.7 Å². The van der Waals surface area contributed by atoms with Crippen LogP contribution in [0.2, 0.25) is 0 Å². The Bertz CT molecular complexity index is 764. The van der Waals surface area contributed by atoms with E-state index in [0.717, 1.165) is 5.56 Å². The molecule has 2 heterocycles. The zero-order valence-electron chi connectivity index (χ0n) is 9.58. The summed E-state index contributed by atoms with van der Waals surface area (Å²) >= 11 is 3.46. The van der Waals surface area contributed by atoms with Crippen LogP contribution in [0.25, 0.3) is 19.8 Å². The Morgan fingerprint density at radius 1 is 1.00 bits per heavy atom. The highest BCUT2D eigenvalue weighted by Gasteiger charge is 2.08. The van der Waals surface area contributed by atoms with Crippen molar-refractivity contribution in [2.45, 2.75) is 4.90 Å². The second-order valence-corrected chi connectivity index (χ2v) is 8.10. The van der Waals surface area contributed by atoms with Gasteiger partial charge in [-0.05, 0) is 35.2 Å². The van der Waals surface area contributed by atoms with Crippen molar-refractivity contribution >= 4 is 41.9 Å². The third-order valence-electron chi connectivity index (χ3n) is 2.71. The molecule has 0 fully saturated rings. The average Bonchev–Trinajstić information content (AvgIpc) is 2.88. The Labute approximate surface area is 113 Å². The minimum absolute atomic E-state index is 0.365. The van der Waals surface area contributed by atoms with Gasteiger partial charge in [-0.3, -0.25) is 0 Å². The van der Waals surface area contributed by atoms with Crippen LogP contribution in [-0.2, 0) is 9.84 Å². The zero-order chi connectivity index (χ0) is 12.8. The second kappa shape index (κ2) is 4.19. The van der Waals surface area contributed by atoms with Crippen LogP contribution in [0.1, 0.15) is 0 Å². The van der Waals surface area contributed by atoms with E-state index in [0.29, 0.717) is 4.90 Å². The normalized spacial score (nSPS) is 12.1. The van der Waals surface area contributed by atoms with E-state index in [1.165, 1.54) is 20.5 Å². The first-order chi connectivity index (χ1) is 8.54. The topological polar surface area (TPSA) is 34.1 Å². The SMILES string of the molecule is CS(=O)(=O)c1ccc(-c2cc3sccc3s2)cc1. The molecular formula is C13H10O2S3. The maximum Gasteiger partial charge on any atom is 0.175 e. The molecule has 92 valence electrons. The van der Waals surface area contributed by atoms with E-state index in [-0.39, 0.29) is 0 Å². The number of hydrogen-bond donors (Lipinski definition) is 0. The van der Waals surface area contributed by atoms with Gasteiger partial charge in [0.2, 0.25) is 0 Å². The van der Waals surface area contributed by atoms with Crippen molar-refractivity contribution in [2.75, 3.05) is 6.26 Å². The summed E-state index contributed by atoms with van der Waals surface area (Å²) in [5.74, 6) is 0. The fourth-order valence-electron chi connectivity index (χ4n) is 1.77. The number of rotatable bonds is 2. The third kappa shape index (κ3) is 2.09. The van der Waals surface area contributed by atoms with Crippen LogP contribution in [0, 0.1) is 0 Å². The smallest absolute Gasteiger partial charge is 0.175 e. The van der Waals surface area contributed by atoms with Gasteiger partial charge in [-0.25, -0.2) is 8.42 Å². The lowest BCUT2D eigenvalue weighted by Crippen LogP contribution is -1.95. The van der Waals surface area contributed by atoms with Gasteiger partial charge in [0.15, 0.2) is 9.84 Å². The van der Waals surface area contributed by atoms with Crippen LogP contribution >= 0.6 is 22.7 Å². The van der Waals surface area contributed by atoms with Crippen molar-refractivity contribution in [3.05, 3.63) is 41.8 Å². The predicted octanol–water partition coefficient (Wildman–Crippen LogP) is 4.03. The summed E-state index contributed by atoms with van der Waals surface area (Å²) in [6.07, 6.45) is 1.23. The van der Waals surface area contributed by atoms with Gasteiger partial charge in [0.25, 0.3) is 0 Å². The molecule has 5 heteroatoms. The minimum atomic E-state index is -3.11. The molecule has 18 heavy (non-hydrogen) atoms. The monoisotopic (exact) mass is 294 g/mol. The lowest BCUT2D eigenvalue weighted by Gasteiger charge is -2.00. The molecule has 0 atom stereocenters. The molecule has 3 aromatic rings. The Hall–Kier alpha value is -1.17. The van der Waals surface area contributed by atoms with Crippen LogP contribution in [0.5, 0.6) is 0 Å². The van der Waals surface area contributed by atoms with Gasteiger partial charge < -0.3 is 0 Å². The van der Waals surface area contributed by atoms with Gasteiger partial charge >= 0.3 is 0 Å². The van der Waals surface area contributed by atoms with Crippen molar-refractivity contribution in [1.82, 2.24) is 0 Å². The molecule has 0 bridgehead atoms. The molecule has 0 radical (unpaired) electrons. The van der Waals surface area contributed by atoms with Crippen molar-refractivity contribution in [3.63, 3.8) is 0 Å². The number of fused-ring (bicyclic) bond motifs is 1. The molecule has 0 saturated carbocycles. The van der Waals surface area contributed by atoms with Gasteiger partial charge in [0.1, 0.15) is 0 Å². The minimum Gasteiger partial charge on any atom is -0.224 e. The van der Waals surface area contributed by atoms with Gasteiger partial charge in [-0.1, -0.05) is 12.1 Å². The number of benzene rings is 1.